The average molecular weight is 401 g/mol. The molecular formula is C25H40N2O2. The standard InChI is InChI=1S/C25H40N2O2/c1-7-18(5)15-22-21(19(6)8-2)16-23(26-22)24(28)27-13-11-20(12-14-27)17-25(29,9-3)10-4/h7,15-16,20,26,29H,8-14,17H2,1-6H3/b18-7-,21-19-,22-15+. The molecule has 0 radical (unpaired) electrons. The lowest BCUT2D eigenvalue weighted by atomic mass is 9.82. The molecule has 1 fully saturated rings. The third kappa shape index (κ3) is 5.85. The van der Waals surface area contributed by atoms with Crippen molar-refractivity contribution in [2.45, 2.75) is 85.7 Å². The zero-order valence-electron chi connectivity index (χ0n) is 19.3. The maximum Gasteiger partial charge on any atom is 0.270 e. The van der Waals surface area contributed by atoms with Crippen LogP contribution in [0.3, 0.4) is 0 Å². The molecule has 1 amide bonds. The van der Waals surface area contributed by atoms with Crippen LogP contribution in [0.2, 0.25) is 0 Å². The summed E-state index contributed by atoms with van der Waals surface area (Å²) in [5.41, 5.74) is 2.59. The van der Waals surface area contributed by atoms with Gasteiger partial charge in [-0.3, -0.25) is 4.79 Å². The molecule has 4 nitrogen and oxygen atoms in total. The molecule has 0 aromatic carbocycles. The quantitative estimate of drug-likeness (QED) is 0.723. The number of aromatic amines is 1. The van der Waals surface area contributed by atoms with Gasteiger partial charge in [-0.25, -0.2) is 0 Å². The van der Waals surface area contributed by atoms with Crippen molar-refractivity contribution in [1.29, 1.82) is 0 Å². The molecule has 1 aliphatic rings. The maximum absolute atomic E-state index is 13.1. The number of hydrogen-bond donors (Lipinski definition) is 2. The monoisotopic (exact) mass is 400 g/mol. The van der Waals surface area contributed by atoms with E-state index in [-0.39, 0.29) is 5.91 Å². The Balaban J connectivity index is 2.17. The van der Waals surface area contributed by atoms with E-state index < -0.39 is 5.60 Å². The van der Waals surface area contributed by atoms with Crippen LogP contribution in [0.15, 0.2) is 17.7 Å². The van der Waals surface area contributed by atoms with Crippen molar-refractivity contribution in [2.75, 3.05) is 13.1 Å². The van der Waals surface area contributed by atoms with Crippen LogP contribution in [0.25, 0.3) is 11.6 Å². The normalized spacial score (nSPS) is 18.4. The number of hydrogen-bond acceptors (Lipinski definition) is 2. The number of allylic oxidation sites excluding steroid dienone is 2. The largest absolute Gasteiger partial charge is 0.390 e. The topological polar surface area (TPSA) is 56.3 Å². The first-order valence-corrected chi connectivity index (χ1v) is 11.3. The van der Waals surface area contributed by atoms with Gasteiger partial charge < -0.3 is 15.0 Å². The Labute approximate surface area is 176 Å². The van der Waals surface area contributed by atoms with Crippen molar-refractivity contribution in [3.63, 3.8) is 0 Å². The van der Waals surface area contributed by atoms with Gasteiger partial charge in [-0.15, -0.1) is 0 Å². The molecule has 0 spiro atoms. The molecule has 2 rings (SSSR count). The summed E-state index contributed by atoms with van der Waals surface area (Å²) >= 11 is 0. The number of aromatic nitrogens is 1. The van der Waals surface area contributed by atoms with Crippen LogP contribution in [-0.4, -0.2) is 39.6 Å². The molecule has 1 saturated heterocycles. The smallest absolute Gasteiger partial charge is 0.270 e. The van der Waals surface area contributed by atoms with Crippen LogP contribution in [0.5, 0.6) is 0 Å². The first-order chi connectivity index (χ1) is 13.8. The van der Waals surface area contributed by atoms with Crippen molar-refractivity contribution in [3.05, 3.63) is 34.0 Å². The van der Waals surface area contributed by atoms with E-state index in [0.29, 0.717) is 11.6 Å². The molecule has 0 bridgehead atoms. The molecule has 0 atom stereocenters. The second-order valence-corrected chi connectivity index (χ2v) is 8.69. The van der Waals surface area contributed by atoms with Gasteiger partial charge in [0.25, 0.3) is 5.91 Å². The van der Waals surface area contributed by atoms with Gasteiger partial charge in [0.05, 0.1) is 5.60 Å². The number of likely N-dealkylation sites (tertiary alicyclic amines) is 1. The minimum Gasteiger partial charge on any atom is -0.390 e. The molecule has 1 aliphatic heterocycles. The molecule has 0 aliphatic carbocycles. The summed E-state index contributed by atoms with van der Waals surface area (Å²) in [5, 5.41) is 12.8. The van der Waals surface area contributed by atoms with Gasteiger partial charge in [0.1, 0.15) is 5.69 Å². The van der Waals surface area contributed by atoms with Gasteiger partial charge in [0, 0.05) is 18.4 Å². The van der Waals surface area contributed by atoms with Crippen molar-refractivity contribution < 1.29 is 9.90 Å². The molecule has 0 unspecified atom stereocenters. The van der Waals surface area contributed by atoms with E-state index in [4.69, 9.17) is 0 Å². The fourth-order valence-electron chi connectivity index (χ4n) is 4.14. The van der Waals surface area contributed by atoms with Crippen LogP contribution in [0.1, 0.15) is 90.6 Å². The molecular weight excluding hydrogens is 360 g/mol. The van der Waals surface area contributed by atoms with Gasteiger partial charge >= 0.3 is 0 Å². The lowest BCUT2D eigenvalue weighted by Gasteiger charge is -2.36. The Morgan fingerprint density at radius 2 is 1.86 bits per heavy atom. The second-order valence-electron chi connectivity index (χ2n) is 8.69. The molecule has 1 aromatic rings. The van der Waals surface area contributed by atoms with E-state index in [1.165, 1.54) is 11.1 Å². The van der Waals surface area contributed by atoms with E-state index >= 15 is 0 Å². The zero-order chi connectivity index (χ0) is 21.6. The molecule has 2 N–H and O–H groups in total. The highest BCUT2D eigenvalue weighted by molar-refractivity contribution is 5.92. The number of carbonyl (C=O) groups is 1. The summed E-state index contributed by atoms with van der Waals surface area (Å²) < 4.78 is 0. The Hall–Kier alpha value is -1.81. The summed E-state index contributed by atoms with van der Waals surface area (Å²) in [7, 11) is 0. The molecule has 4 heteroatoms. The van der Waals surface area contributed by atoms with Gasteiger partial charge in [0.2, 0.25) is 0 Å². The molecule has 2 heterocycles. The molecule has 0 saturated carbocycles. The number of piperidine rings is 1. The van der Waals surface area contributed by atoms with Crippen LogP contribution in [-0.2, 0) is 0 Å². The SMILES string of the molecule is C\C=C(C)/C=c1/[nH]c(C(=O)N2CCC(CC(O)(CC)CC)CC2)c/c1=C(\C)CC. The van der Waals surface area contributed by atoms with Crippen molar-refractivity contribution in [2.24, 2.45) is 5.92 Å². The third-order valence-electron chi connectivity index (χ3n) is 6.78. The second kappa shape index (κ2) is 10.3. The highest BCUT2D eigenvalue weighted by Crippen LogP contribution is 2.30. The minimum absolute atomic E-state index is 0.0904. The van der Waals surface area contributed by atoms with E-state index in [2.05, 4.69) is 51.8 Å². The number of nitrogens with one attached hydrogen (secondary N) is 1. The molecule has 162 valence electrons. The van der Waals surface area contributed by atoms with E-state index in [1.807, 2.05) is 17.9 Å². The van der Waals surface area contributed by atoms with E-state index in [1.54, 1.807) is 0 Å². The van der Waals surface area contributed by atoms with Gasteiger partial charge in [-0.05, 0) is 82.6 Å². The first kappa shape index (κ1) is 23.5. The van der Waals surface area contributed by atoms with Crippen LogP contribution in [0.4, 0.5) is 0 Å². The van der Waals surface area contributed by atoms with Crippen molar-refractivity contribution in [1.82, 2.24) is 9.88 Å². The van der Waals surface area contributed by atoms with E-state index in [9.17, 15) is 9.90 Å². The number of aliphatic hydroxyl groups is 1. The lowest BCUT2D eigenvalue weighted by molar-refractivity contribution is -0.00132. The van der Waals surface area contributed by atoms with Crippen LogP contribution >= 0.6 is 0 Å². The van der Waals surface area contributed by atoms with Crippen molar-refractivity contribution >= 4 is 17.6 Å². The fourth-order valence-corrected chi connectivity index (χ4v) is 4.14. The Kier molecular flexibility index (Phi) is 8.33. The summed E-state index contributed by atoms with van der Waals surface area (Å²) in [6.45, 7) is 14.0. The zero-order valence-corrected chi connectivity index (χ0v) is 19.3. The molecule has 1 aromatic heterocycles. The molecule has 29 heavy (non-hydrogen) atoms. The van der Waals surface area contributed by atoms with Gasteiger partial charge in [0.15, 0.2) is 0 Å². The Morgan fingerprint density at radius 1 is 1.24 bits per heavy atom. The maximum atomic E-state index is 13.1. The van der Waals surface area contributed by atoms with Gasteiger partial charge in [-0.1, -0.05) is 38.0 Å². The third-order valence-corrected chi connectivity index (χ3v) is 6.78. The fraction of sp³-hybridized carbons (Fsp3) is 0.640. The lowest BCUT2D eigenvalue weighted by Crippen LogP contribution is -2.41. The summed E-state index contributed by atoms with van der Waals surface area (Å²) in [6.07, 6.45) is 9.54. The Bertz CT molecular complexity index is 835. The number of amides is 1. The minimum atomic E-state index is -0.548. The van der Waals surface area contributed by atoms with Crippen molar-refractivity contribution in [3.8, 4) is 0 Å². The predicted molar refractivity (Wildman–Crippen MR) is 122 cm³/mol. The highest BCUT2D eigenvalue weighted by atomic mass is 16.3. The summed E-state index contributed by atoms with van der Waals surface area (Å²) in [6, 6.07) is 2.02. The Morgan fingerprint density at radius 3 is 2.38 bits per heavy atom. The number of H-pyrrole nitrogens is 1. The predicted octanol–water partition coefficient (Wildman–Crippen LogP) is 4.14. The summed E-state index contributed by atoms with van der Waals surface area (Å²) in [4.78, 5) is 18.5. The summed E-state index contributed by atoms with van der Waals surface area (Å²) in [5.74, 6) is 0.590. The van der Waals surface area contributed by atoms with E-state index in [0.717, 1.165) is 62.2 Å². The number of rotatable bonds is 7. The number of nitrogens with zero attached hydrogens (tertiary/aromatic N) is 1. The number of carbonyl (C=O) groups excluding carboxylic acids is 1. The van der Waals surface area contributed by atoms with Gasteiger partial charge in [-0.2, -0.15) is 0 Å². The first-order valence-electron chi connectivity index (χ1n) is 11.3. The van der Waals surface area contributed by atoms with Crippen LogP contribution < -0.4 is 10.6 Å². The van der Waals surface area contributed by atoms with Crippen LogP contribution in [0, 0.1) is 5.92 Å². The highest BCUT2D eigenvalue weighted by Gasteiger charge is 2.31. The average Bonchev–Trinajstić information content (AvgIpc) is 3.16.